The molecule has 0 unspecified atom stereocenters. The molecule has 5 heteroatoms. The summed E-state index contributed by atoms with van der Waals surface area (Å²) < 4.78 is 0. The van der Waals surface area contributed by atoms with E-state index in [9.17, 15) is 15.0 Å². The monoisotopic (exact) mass is 282 g/mol. The van der Waals surface area contributed by atoms with Crippen LogP contribution in [0.1, 0.15) is 15.9 Å². The molecule has 0 saturated carbocycles. The summed E-state index contributed by atoms with van der Waals surface area (Å²) in [6.45, 7) is 0.230. The van der Waals surface area contributed by atoms with Gasteiger partial charge in [-0.05, 0) is 30.3 Å². The fourth-order valence-electron chi connectivity index (χ4n) is 1.71. The number of rotatable bonds is 2. The maximum absolute atomic E-state index is 12.1. The zero-order chi connectivity index (χ0) is 15.2. The SMILES string of the molecule is NCC#Cc1ccccc1NC(=O)c1ccc(O)c(O)c1. The van der Waals surface area contributed by atoms with Crippen LogP contribution in [0.2, 0.25) is 0 Å². The van der Waals surface area contributed by atoms with Crippen LogP contribution < -0.4 is 11.1 Å². The Hall–Kier alpha value is -2.97. The van der Waals surface area contributed by atoms with E-state index in [-0.39, 0.29) is 23.6 Å². The first-order chi connectivity index (χ1) is 10.1. The Balaban J connectivity index is 2.25. The van der Waals surface area contributed by atoms with E-state index in [4.69, 9.17) is 5.73 Å². The number of aromatic hydroxyl groups is 2. The van der Waals surface area contributed by atoms with Gasteiger partial charge >= 0.3 is 0 Å². The second kappa shape index (κ2) is 6.46. The number of para-hydroxylation sites is 1. The highest BCUT2D eigenvalue weighted by Gasteiger charge is 2.10. The van der Waals surface area contributed by atoms with Gasteiger partial charge in [0.1, 0.15) is 0 Å². The van der Waals surface area contributed by atoms with Crippen molar-refractivity contribution in [1.29, 1.82) is 0 Å². The average molecular weight is 282 g/mol. The van der Waals surface area contributed by atoms with Gasteiger partial charge in [0.2, 0.25) is 0 Å². The van der Waals surface area contributed by atoms with Crippen molar-refractivity contribution in [1.82, 2.24) is 0 Å². The molecule has 106 valence electrons. The van der Waals surface area contributed by atoms with Crippen LogP contribution in [0.4, 0.5) is 5.69 Å². The molecule has 5 nitrogen and oxygen atoms in total. The molecule has 21 heavy (non-hydrogen) atoms. The number of carbonyl (C=O) groups is 1. The molecule has 2 aromatic rings. The summed E-state index contributed by atoms with van der Waals surface area (Å²) in [5.41, 5.74) is 6.77. The van der Waals surface area contributed by atoms with Gasteiger partial charge in [0.25, 0.3) is 5.91 Å². The maximum Gasteiger partial charge on any atom is 0.255 e. The Bertz CT molecular complexity index is 730. The number of hydrogen-bond acceptors (Lipinski definition) is 4. The summed E-state index contributed by atoms with van der Waals surface area (Å²) in [5, 5.41) is 21.4. The third-order valence-electron chi connectivity index (χ3n) is 2.74. The third-order valence-corrected chi connectivity index (χ3v) is 2.74. The van der Waals surface area contributed by atoms with Crippen LogP contribution in [-0.2, 0) is 0 Å². The van der Waals surface area contributed by atoms with Gasteiger partial charge in [0, 0.05) is 11.1 Å². The molecule has 0 aliphatic carbocycles. The Morgan fingerprint density at radius 1 is 1.14 bits per heavy atom. The van der Waals surface area contributed by atoms with Gasteiger partial charge in [-0.25, -0.2) is 0 Å². The largest absolute Gasteiger partial charge is 0.504 e. The number of nitrogens with two attached hydrogens (primary N) is 1. The minimum Gasteiger partial charge on any atom is -0.504 e. The smallest absolute Gasteiger partial charge is 0.255 e. The highest BCUT2D eigenvalue weighted by Crippen LogP contribution is 2.25. The van der Waals surface area contributed by atoms with Crippen LogP contribution in [-0.4, -0.2) is 22.7 Å². The Labute approximate surface area is 122 Å². The van der Waals surface area contributed by atoms with E-state index in [1.807, 2.05) is 6.07 Å². The number of anilines is 1. The molecule has 0 saturated heterocycles. The van der Waals surface area contributed by atoms with Crippen molar-refractivity contribution < 1.29 is 15.0 Å². The maximum atomic E-state index is 12.1. The topological polar surface area (TPSA) is 95.6 Å². The zero-order valence-corrected chi connectivity index (χ0v) is 11.1. The predicted molar refractivity (Wildman–Crippen MR) is 80.1 cm³/mol. The average Bonchev–Trinajstić information content (AvgIpc) is 2.49. The molecule has 0 bridgehead atoms. The quantitative estimate of drug-likeness (QED) is 0.497. The lowest BCUT2D eigenvalue weighted by molar-refractivity contribution is 0.102. The van der Waals surface area contributed by atoms with Gasteiger partial charge in [-0.3, -0.25) is 4.79 Å². The van der Waals surface area contributed by atoms with Crippen LogP contribution >= 0.6 is 0 Å². The van der Waals surface area contributed by atoms with E-state index in [0.717, 1.165) is 0 Å². The molecule has 0 atom stereocenters. The molecule has 0 spiro atoms. The molecule has 0 aromatic heterocycles. The first-order valence-corrected chi connectivity index (χ1v) is 6.23. The molecular formula is C16H14N2O3. The zero-order valence-electron chi connectivity index (χ0n) is 11.1. The first kappa shape index (κ1) is 14.4. The predicted octanol–water partition coefficient (Wildman–Crippen LogP) is 1.66. The summed E-state index contributed by atoms with van der Waals surface area (Å²) in [6.07, 6.45) is 0. The van der Waals surface area contributed by atoms with Crippen molar-refractivity contribution in [3.05, 3.63) is 53.6 Å². The minimum absolute atomic E-state index is 0.229. The summed E-state index contributed by atoms with van der Waals surface area (Å²) >= 11 is 0. The van der Waals surface area contributed by atoms with Crippen LogP contribution in [0.5, 0.6) is 11.5 Å². The van der Waals surface area contributed by atoms with E-state index in [1.54, 1.807) is 18.2 Å². The summed E-state index contributed by atoms with van der Waals surface area (Å²) in [6, 6.07) is 10.9. The fourth-order valence-corrected chi connectivity index (χ4v) is 1.71. The molecule has 2 rings (SSSR count). The molecular weight excluding hydrogens is 268 g/mol. The number of hydrogen-bond donors (Lipinski definition) is 4. The standard InChI is InChI=1S/C16H14N2O3/c17-9-3-5-11-4-1-2-6-13(11)18-16(21)12-7-8-14(19)15(20)10-12/h1-2,4,6-8,10,19-20H,9,17H2,(H,18,21). The van der Waals surface area contributed by atoms with Gasteiger partial charge in [0.05, 0.1) is 12.2 Å². The third kappa shape index (κ3) is 3.53. The lowest BCUT2D eigenvalue weighted by Crippen LogP contribution is -2.12. The van der Waals surface area contributed by atoms with E-state index >= 15 is 0 Å². The van der Waals surface area contributed by atoms with Gasteiger partial charge in [-0.15, -0.1) is 0 Å². The Morgan fingerprint density at radius 2 is 1.90 bits per heavy atom. The second-order valence-corrected chi connectivity index (χ2v) is 4.21. The van der Waals surface area contributed by atoms with E-state index in [0.29, 0.717) is 11.3 Å². The summed E-state index contributed by atoms with van der Waals surface area (Å²) in [5.74, 6) is 4.56. The van der Waals surface area contributed by atoms with Crippen molar-refractivity contribution in [2.24, 2.45) is 5.73 Å². The molecule has 5 N–H and O–H groups in total. The Morgan fingerprint density at radius 3 is 2.62 bits per heavy atom. The summed E-state index contributed by atoms with van der Waals surface area (Å²) in [4.78, 5) is 12.1. The van der Waals surface area contributed by atoms with Gasteiger partial charge < -0.3 is 21.3 Å². The molecule has 0 aliphatic heterocycles. The lowest BCUT2D eigenvalue weighted by Gasteiger charge is -2.08. The minimum atomic E-state index is -0.410. The van der Waals surface area contributed by atoms with Crippen LogP contribution in [0, 0.1) is 11.8 Å². The van der Waals surface area contributed by atoms with Crippen molar-refractivity contribution in [2.75, 3.05) is 11.9 Å². The number of carbonyl (C=O) groups excluding carboxylic acids is 1. The molecule has 2 aromatic carbocycles. The second-order valence-electron chi connectivity index (χ2n) is 4.21. The van der Waals surface area contributed by atoms with Crippen molar-refractivity contribution in [3.8, 4) is 23.3 Å². The number of phenolic OH excluding ortho intramolecular Hbond substituents is 2. The van der Waals surface area contributed by atoms with Gasteiger partial charge in [-0.1, -0.05) is 24.0 Å². The number of benzene rings is 2. The fraction of sp³-hybridized carbons (Fsp3) is 0.0625. The van der Waals surface area contributed by atoms with E-state index in [1.165, 1.54) is 18.2 Å². The molecule has 0 heterocycles. The normalized spacial score (nSPS) is 9.57. The van der Waals surface area contributed by atoms with Crippen LogP contribution in [0.3, 0.4) is 0 Å². The van der Waals surface area contributed by atoms with Gasteiger partial charge in [0.15, 0.2) is 11.5 Å². The van der Waals surface area contributed by atoms with Crippen molar-refractivity contribution in [3.63, 3.8) is 0 Å². The number of amides is 1. The molecule has 0 aliphatic rings. The van der Waals surface area contributed by atoms with Crippen molar-refractivity contribution in [2.45, 2.75) is 0 Å². The van der Waals surface area contributed by atoms with E-state index in [2.05, 4.69) is 17.2 Å². The number of nitrogens with one attached hydrogen (secondary N) is 1. The van der Waals surface area contributed by atoms with E-state index < -0.39 is 5.91 Å². The van der Waals surface area contributed by atoms with Crippen LogP contribution in [0.15, 0.2) is 42.5 Å². The molecule has 1 amide bonds. The summed E-state index contributed by atoms with van der Waals surface area (Å²) in [7, 11) is 0. The highest BCUT2D eigenvalue weighted by atomic mass is 16.3. The van der Waals surface area contributed by atoms with Crippen LogP contribution in [0.25, 0.3) is 0 Å². The number of phenols is 2. The van der Waals surface area contributed by atoms with Gasteiger partial charge in [-0.2, -0.15) is 0 Å². The molecule has 0 fully saturated rings. The molecule has 0 radical (unpaired) electrons. The first-order valence-electron chi connectivity index (χ1n) is 6.23. The highest BCUT2D eigenvalue weighted by molar-refractivity contribution is 6.05. The van der Waals surface area contributed by atoms with Crippen molar-refractivity contribution >= 4 is 11.6 Å². The Kier molecular flexibility index (Phi) is 4.44. The lowest BCUT2D eigenvalue weighted by atomic mass is 10.1.